The topological polar surface area (TPSA) is 46.2 Å². The maximum atomic E-state index is 11.0. The largest absolute Gasteiger partial charge is 0.221 e. The Morgan fingerprint density at radius 1 is 1.64 bits per heavy atom. The number of halogens is 1. The van der Waals surface area contributed by atoms with Crippen LogP contribution in [0.15, 0.2) is 0 Å². The molecule has 0 aromatic carbocycles. The summed E-state index contributed by atoms with van der Waals surface area (Å²) in [5.74, 6) is 0.573. The van der Waals surface area contributed by atoms with Crippen LogP contribution in [0.4, 0.5) is 0 Å². The van der Waals surface area contributed by atoms with Crippen molar-refractivity contribution in [3.63, 3.8) is 0 Å². The molecule has 11 heavy (non-hydrogen) atoms. The molecular formula is C6H12BrNO2S. The van der Waals surface area contributed by atoms with Crippen LogP contribution in [0.1, 0.15) is 19.8 Å². The van der Waals surface area contributed by atoms with Gasteiger partial charge in [0.15, 0.2) is 0 Å². The van der Waals surface area contributed by atoms with Crippen molar-refractivity contribution in [3.05, 3.63) is 0 Å². The normalized spacial score (nSPS) is 21.6. The first-order valence-corrected chi connectivity index (χ1v) is 6.38. The quantitative estimate of drug-likeness (QED) is 0.749. The van der Waals surface area contributed by atoms with Crippen LogP contribution in [0, 0.1) is 5.92 Å². The molecule has 1 saturated carbocycles. The second-order valence-corrected chi connectivity index (χ2v) is 6.02. The highest BCUT2D eigenvalue weighted by atomic mass is 79.9. The fraction of sp³-hybridized carbons (Fsp3) is 1.00. The number of hydrogen-bond acceptors (Lipinski definition) is 2. The summed E-state index contributed by atoms with van der Waals surface area (Å²) in [6, 6.07) is 0.109. The van der Waals surface area contributed by atoms with Crippen LogP contribution >= 0.6 is 15.9 Å². The standard InChI is InChI=1S/C6H12BrNO2S/c1-5(6-2-3-6)8-11(9,10)4-7/h5-6,8H,2-4H2,1H3. The summed E-state index contributed by atoms with van der Waals surface area (Å²) in [6.07, 6.45) is 2.32. The minimum Gasteiger partial charge on any atom is -0.212 e. The first-order valence-electron chi connectivity index (χ1n) is 3.61. The smallest absolute Gasteiger partial charge is 0.212 e. The first-order chi connectivity index (χ1) is 5.05. The average Bonchev–Trinajstić information content (AvgIpc) is 2.67. The van der Waals surface area contributed by atoms with Crippen LogP contribution in [0.2, 0.25) is 0 Å². The van der Waals surface area contributed by atoms with E-state index in [0.717, 1.165) is 12.8 Å². The van der Waals surface area contributed by atoms with Gasteiger partial charge < -0.3 is 0 Å². The second-order valence-electron chi connectivity index (χ2n) is 2.97. The molecule has 0 radical (unpaired) electrons. The van der Waals surface area contributed by atoms with Gasteiger partial charge in [-0.05, 0) is 25.7 Å². The monoisotopic (exact) mass is 241 g/mol. The molecule has 1 aliphatic carbocycles. The third-order valence-electron chi connectivity index (χ3n) is 1.84. The van der Waals surface area contributed by atoms with E-state index >= 15 is 0 Å². The summed E-state index contributed by atoms with van der Waals surface area (Å²) in [4.78, 5) is 0. The van der Waals surface area contributed by atoms with Crippen molar-refractivity contribution in [3.8, 4) is 0 Å². The fourth-order valence-electron chi connectivity index (χ4n) is 1.01. The van der Waals surface area contributed by atoms with Crippen molar-refractivity contribution in [2.24, 2.45) is 5.92 Å². The predicted molar refractivity (Wildman–Crippen MR) is 48.0 cm³/mol. The number of alkyl halides is 1. The highest BCUT2D eigenvalue weighted by Crippen LogP contribution is 2.32. The molecule has 1 atom stereocenters. The number of nitrogens with one attached hydrogen (secondary N) is 1. The van der Waals surface area contributed by atoms with Gasteiger partial charge >= 0.3 is 0 Å². The van der Waals surface area contributed by atoms with Crippen molar-refractivity contribution in [2.75, 3.05) is 4.66 Å². The Hall–Kier alpha value is 0.390. The average molecular weight is 242 g/mol. The Morgan fingerprint density at radius 3 is 2.55 bits per heavy atom. The Balaban J connectivity index is 2.40. The predicted octanol–water partition coefficient (Wildman–Crippen LogP) is 1.06. The maximum absolute atomic E-state index is 11.0. The van der Waals surface area contributed by atoms with E-state index in [4.69, 9.17) is 0 Å². The van der Waals surface area contributed by atoms with Gasteiger partial charge in [-0.3, -0.25) is 0 Å². The van der Waals surface area contributed by atoms with Crippen LogP contribution in [0.25, 0.3) is 0 Å². The van der Waals surface area contributed by atoms with Crippen molar-refractivity contribution in [2.45, 2.75) is 25.8 Å². The lowest BCUT2D eigenvalue weighted by atomic mass is 10.2. The molecule has 1 aliphatic rings. The number of rotatable bonds is 4. The van der Waals surface area contributed by atoms with Crippen molar-refractivity contribution < 1.29 is 8.42 Å². The Morgan fingerprint density at radius 2 is 2.18 bits per heavy atom. The van der Waals surface area contributed by atoms with Gasteiger partial charge in [-0.25, -0.2) is 13.1 Å². The van der Waals surface area contributed by atoms with E-state index in [9.17, 15) is 8.42 Å². The Labute approximate surface area is 75.7 Å². The fourth-order valence-corrected chi connectivity index (χ4v) is 2.23. The summed E-state index contributed by atoms with van der Waals surface area (Å²) in [5, 5.41) is 0. The highest BCUT2D eigenvalue weighted by molar-refractivity contribution is 9.10. The Kier molecular flexibility index (Phi) is 2.94. The summed E-state index contributed by atoms with van der Waals surface area (Å²) in [6.45, 7) is 1.91. The summed E-state index contributed by atoms with van der Waals surface area (Å²) >= 11 is 2.92. The second kappa shape index (κ2) is 3.41. The molecule has 0 saturated heterocycles. The summed E-state index contributed by atoms with van der Waals surface area (Å²) in [7, 11) is -3.06. The van der Waals surface area contributed by atoms with E-state index in [-0.39, 0.29) is 10.7 Å². The van der Waals surface area contributed by atoms with Gasteiger partial charge in [-0.15, -0.1) is 0 Å². The molecule has 5 heteroatoms. The van der Waals surface area contributed by atoms with Crippen LogP contribution in [0.5, 0.6) is 0 Å². The third-order valence-corrected chi connectivity index (χ3v) is 4.66. The molecule has 0 bridgehead atoms. The van der Waals surface area contributed by atoms with E-state index in [1.165, 1.54) is 0 Å². The van der Waals surface area contributed by atoms with Crippen molar-refractivity contribution >= 4 is 26.0 Å². The minimum absolute atomic E-state index is 0.00292. The molecule has 1 rings (SSSR count). The van der Waals surface area contributed by atoms with Crippen LogP contribution < -0.4 is 4.72 Å². The van der Waals surface area contributed by atoms with E-state index in [2.05, 4.69) is 20.7 Å². The van der Waals surface area contributed by atoms with Crippen LogP contribution in [-0.2, 0) is 10.0 Å². The number of sulfonamides is 1. The zero-order chi connectivity index (χ0) is 8.48. The van der Waals surface area contributed by atoms with Gasteiger partial charge in [-0.1, -0.05) is 15.9 Å². The van der Waals surface area contributed by atoms with Crippen LogP contribution in [-0.4, -0.2) is 19.1 Å². The Bertz CT molecular complexity index is 223. The summed E-state index contributed by atoms with van der Waals surface area (Å²) < 4.78 is 24.6. The van der Waals surface area contributed by atoms with Crippen molar-refractivity contribution in [1.29, 1.82) is 0 Å². The van der Waals surface area contributed by atoms with E-state index < -0.39 is 10.0 Å². The van der Waals surface area contributed by atoms with Crippen molar-refractivity contribution in [1.82, 2.24) is 4.72 Å². The van der Waals surface area contributed by atoms with Crippen LogP contribution in [0.3, 0.4) is 0 Å². The lowest BCUT2D eigenvalue weighted by Crippen LogP contribution is -2.34. The van der Waals surface area contributed by atoms with E-state index in [1.54, 1.807) is 0 Å². The molecule has 1 fully saturated rings. The first kappa shape index (κ1) is 9.48. The third kappa shape index (κ3) is 3.09. The number of hydrogen-bond donors (Lipinski definition) is 1. The molecule has 3 nitrogen and oxygen atoms in total. The highest BCUT2D eigenvalue weighted by Gasteiger charge is 2.30. The molecule has 0 aromatic rings. The van der Waals surface area contributed by atoms with Gasteiger partial charge in [0.2, 0.25) is 10.0 Å². The minimum atomic E-state index is -3.06. The lowest BCUT2D eigenvalue weighted by Gasteiger charge is -2.10. The van der Waals surface area contributed by atoms with Gasteiger partial charge in [0.05, 0.1) is 0 Å². The van der Waals surface area contributed by atoms with Gasteiger partial charge in [0, 0.05) is 6.04 Å². The maximum Gasteiger partial charge on any atom is 0.221 e. The van der Waals surface area contributed by atoms with E-state index in [1.807, 2.05) is 6.92 Å². The van der Waals surface area contributed by atoms with E-state index in [0.29, 0.717) is 5.92 Å². The van der Waals surface area contributed by atoms with Gasteiger partial charge in [-0.2, -0.15) is 0 Å². The SMILES string of the molecule is CC(NS(=O)(=O)CBr)C1CC1. The molecule has 0 aromatic heterocycles. The molecule has 0 heterocycles. The molecule has 1 unspecified atom stereocenters. The zero-order valence-electron chi connectivity index (χ0n) is 6.38. The molecule has 0 aliphatic heterocycles. The zero-order valence-corrected chi connectivity index (χ0v) is 8.78. The lowest BCUT2D eigenvalue weighted by molar-refractivity contribution is 0.542. The summed E-state index contributed by atoms with van der Waals surface area (Å²) in [5.41, 5.74) is 0. The molecule has 66 valence electrons. The van der Waals surface area contributed by atoms with Gasteiger partial charge in [0.25, 0.3) is 0 Å². The van der Waals surface area contributed by atoms with Gasteiger partial charge in [0.1, 0.15) is 4.66 Å². The molecular weight excluding hydrogens is 230 g/mol. The molecule has 0 spiro atoms. The molecule has 0 amide bonds. The molecule has 1 N–H and O–H groups in total.